The van der Waals surface area contributed by atoms with Gasteiger partial charge in [0.05, 0.1) is 18.2 Å². The maximum Gasteiger partial charge on any atom is 0.524 e. The van der Waals surface area contributed by atoms with E-state index in [1.165, 1.54) is 18.6 Å². The van der Waals surface area contributed by atoms with Gasteiger partial charge in [-0.3, -0.25) is 24.2 Å². The number of phosphoric acid groups is 1. The molecule has 1 aliphatic carbocycles. The maximum atomic E-state index is 13.2. The lowest BCUT2D eigenvalue weighted by Crippen LogP contribution is -2.47. The Morgan fingerprint density at radius 1 is 1.05 bits per heavy atom. The quantitative estimate of drug-likeness (QED) is 0.165. The van der Waals surface area contributed by atoms with Crippen LogP contribution in [0.4, 0.5) is 0 Å². The first-order chi connectivity index (χ1) is 19.4. The Labute approximate surface area is 239 Å². The monoisotopic (exact) mass is 585 g/mol. The van der Waals surface area contributed by atoms with E-state index in [0.717, 1.165) is 18.4 Å². The van der Waals surface area contributed by atoms with Gasteiger partial charge in [-0.2, -0.15) is 0 Å². The van der Waals surface area contributed by atoms with Crippen molar-refractivity contribution in [2.75, 3.05) is 6.61 Å². The van der Waals surface area contributed by atoms with Crippen LogP contribution in [0.2, 0.25) is 0 Å². The van der Waals surface area contributed by atoms with Gasteiger partial charge < -0.3 is 25.6 Å². The van der Waals surface area contributed by atoms with E-state index < -0.39 is 31.7 Å². The van der Waals surface area contributed by atoms with Gasteiger partial charge in [0.25, 0.3) is 5.91 Å². The lowest BCUT2D eigenvalue weighted by molar-refractivity contribution is -0.128. The molecule has 2 aromatic carbocycles. The van der Waals surface area contributed by atoms with Crippen molar-refractivity contribution in [2.24, 2.45) is 5.73 Å². The molecule has 1 aliphatic rings. The number of primary amides is 1. The van der Waals surface area contributed by atoms with Crippen LogP contribution in [0.1, 0.15) is 67.1 Å². The molecule has 0 aromatic heterocycles. The van der Waals surface area contributed by atoms with Gasteiger partial charge in [-0.1, -0.05) is 48.0 Å². The molecule has 41 heavy (non-hydrogen) atoms. The molecule has 2 atom stereocenters. The molecule has 2 aromatic rings. The minimum atomic E-state index is -4.65. The molecular formula is C29H36N3O8P. The van der Waals surface area contributed by atoms with Gasteiger partial charge in [-0.25, -0.2) is 4.57 Å². The van der Waals surface area contributed by atoms with Gasteiger partial charge in [0.2, 0.25) is 11.8 Å². The Bertz CT molecular complexity index is 1350. The Morgan fingerprint density at radius 2 is 1.78 bits per heavy atom. The van der Waals surface area contributed by atoms with Crippen molar-refractivity contribution in [1.82, 2.24) is 10.6 Å². The maximum absolute atomic E-state index is 13.2. The van der Waals surface area contributed by atoms with E-state index in [4.69, 9.17) is 20.3 Å². The summed E-state index contributed by atoms with van der Waals surface area (Å²) in [4.78, 5) is 55.1. The highest BCUT2D eigenvalue weighted by Crippen LogP contribution is 2.41. The Kier molecular flexibility index (Phi) is 11.3. The standard InChI is InChI=1S/C29H36N3O8P/c1-19(23-12-15-27(25(18-23)28(30)34)39-16-6-9-21-7-4-3-5-8-21)31-29(35)26(32-20(2)33)17-22-10-13-24(14-11-22)40-41(36,37)38/h3-5,7-8,10,12-13,15,18-19,26H,6,9,11,14,16-17H2,1-2H3,(H2,30,34)(H,31,35)(H,32,33)(H2,36,37,38). The lowest BCUT2D eigenvalue weighted by Gasteiger charge is -2.24. The molecule has 0 heterocycles. The summed E-state index contributed by atoms with van der Waals surface area (Å²) in [5.41, 5.74) is 8.44. The van der Waals surface area contributed by atoms with Crippen molar-refractivity contribution in [1.29, 1.82) is 0 Å². The number of nitrogens with two attached hydrogens (primary N) is 1. The summed E-state index contributed by atoms with van der Waals surface area (Å²) in [7, 11) is -4.65. The molecule has 0 fully saturated rings. The van der Waals surface area contributed by atoms with E-state index in [9.17, 15) is 18.9 Å². The number of phosphoric ester groups is 1. The summed E-state index contributed by atoms with van der Waals surface area (Å²) < 4.78 is 21.5. The predicted octanol–water partition coefficient (Wildman–Crippen LogP) is 3.58. The highest BCUT2D eigenvalue weighted by atomic mass is 31.2. The van der Waals surface area contributed by atoms with E-state index in [1.807, 2.05) is 30.3 Å². The number of aryl methyl sites for hydroxylation is 1. The van der Waals surface area contributed by atoms with Crippen molar-refractivity contribution in [3.05, 3.63) is 88.7 Å². The molecule has 0 radical (unpaired) electrons. The van der Waals surface area contributed by atoms with Crippen molar-refractivity contribution >= 4 is 25.5 Å². The van der Waals surface area contributed by atoms with Crippen LogP contribution in [0.25, 0.3) is 0 Å². The van der Waals surface area contributed by atoms with Crippen molar-refractivity contribution in [3.63, 3.8) is 0 Å². The molecule has 6 N–H and O–H groups in total. The zero-order valence-corrected chi connectivity index (χ0v) is 23.9. The van der Waals surface area contributed by atoms with Crippen LogP contribution in [0.15, 0.2) is 72.0 Å². The SMILES string of the molecule is CC(=O)NC(CC1=CC=C(OP(=O)(O)O)CC1)C(=O)NC(C)c1ccc(OCCCc2ccccc2)c(C(N)=O)c1. The van der Waals surface area contributed by atoms with Gasteiger partial charge in [-0.15, -0.1) is 0 Å². The number of rotatable bonds is 14. The second-order valence-corrected chi connectivity index (χ2v) is 10.9. The van der Waals surface area contributed by atoms with E-state index in [1.54, 1.807) is 31.2 Å². The summed E-state index contributed by atoms with van der Waals surface area (Å²) >= 11 is 0. The number of hydrogen-bond acceptors (Lipinski definition) is 6. The van der Waals surface area contributed by atoms with E-state index in [0.29, 0.717) is 24.3 Å². The van der Waals surface area contributed by atoms with E-state index >= 15 is 0 Å². The van der Waals surface area contributed by atoms with Crippen LogP contribution in [-0.4, -0.2) is 40.2 Å². The first-order valence-corrected chi connectivity index (χ1v) is 14.8. The molecule has 220 valence electrons. The Balaban J connectivity index is 1.63. The van der Waals surface area contributed by atoms with Gasteiger partial charge in [-0.05, 0) is 61.9 Å². The van der Waals surface area contributed by atoms with Crippen LogP contribution < -0.4 is 21.1 Å². The second kappa shape index (κ2) is 14.6. The average molecular weight is 586 g/mol. The topological polar surface area (TPSA) is 177 Å². The number of amides is 3. The van der Waals surface area contributed by atoms with Gasteiger partial charge in [0, 0.05) is 13.3 Å². The Morgan fingerprint density at radius 3 is 2.39 bits per heavy atom. The summed E-state index contributed by atoms with van der Waals surface area (Å²) in [5, 5.41) is 5.52. The molecule has 2 unspecified atom stereocenters. The first-order valence-electron chi connectivity index (χ1n) is 13.2. The fourth-order valence-electron chi connectivity index (χ4n) is 4.41. The lowest BCUT2D eigenvalue weighted by atomic mass is 9.96. The smallest absolute Gasteiger partial charge is 0.493 e. The molecule has 0 aliphatic heterocycles. The molecule has 12 heteroatoms. The summed E-state index contributed by atoms with van der Waals surface area (Å²) in [5.74, 6) is -0.968. The minimum absolute atomic E-state index is 0.144. The number of allylic oxidation sites excluding steroid dienone is 3. The van der Waals surface area contributed by atoms with Crippen LogP contribution in [0, 0.1) is 0 Å². The predicted molar refractivity (Wildman–Crippen MR) is 153 cm³/mol. The van der Waals surface area contributed by atoms with Crippen molar-refractivity contribution in [3.8, 4) is 5.75 Å². The first kappa shape index (κ1) is 31.6. The molecule has 11 nitrogen and oxygen atoms in total. The zero-order chi connectivity index (χ0) is 30.0. The molecule has 3 rings (SSSR count). The largest absolute Gasteiger partial charge is 0.524 e. The fourth-order valence-corrected chi connectivity index (χ4v) is 4.87. The molecule has 0 spiro atoms. The van der Waals surface area contributed by atoms with Gasteiger partial charge in [0.1, 0.15) is 17.6 Å². The number of hydrogen-bond donors (Lipinski definition) is 5. The average Bonchev–Trinajstić information content (AvgIpc) is 2.91. The molecule has 0 saturated carbocycles. The van der Waals surface area contributed by atoms with E-state index in [2.05, 4.69) is 15.2 Å². The normalized spacial score (nSPS) is 14.6. The molecular weight excluding hydrogens is 549 g/mol. The minimum Gasteiger partial charge on any atom is -0.493 e. The number of benzene rings is 2. The third-order valence-corrected chi connectivity index (χ3v) is 6.90. The fraction of sp³-hybridized carbons (Fsp3) is 0.345. The summed E-state index contributed by atoms with van der Waals surface area (Å²) in [6, 6.07) is 13.6. The third kappa shape index (κ3) is 10.5. The number of nitrogens with one attached hydrogen (secondary N) is 2. The van der Waals surface area contributed by atoms with Crippen LogP contribution in [-0.2, 0) is 25.1 Å². The number of carbonyl (C=O) groups excluding carboxylic acids is 3. The zero-order valence-electron chi connectivity index (χ0n) is 23.0. The van der Waals surface area contributed by atoms with Crippen LogP contribution >= 0.6 is 7.82 Å². The number of carbonyl (C=O) groups is 3. The third-order valence-electron chi connectivity index (χ3n) is 6.43. The highest BCUT2D eigenvalue weighted by molar-refractivity contribution is 7.46. The highest BCUT2D eigenvalue weighted by Gasteiger charge is 2.25. The van der Waals surface area contributed by atoms with Crippen LogP contribution in [0.5, 0.6) is 5.75 Å². The van der Waals surface area contributed by atoms with Gasteiger partial charge >= 0.3 is 7.82 Å². The van der Waals surface area contributed by atoms with E-state index in [-0.39, 0.29) is 30.1 Å². The van der Waals surface area contributed by atoms with Crippen molar-refractivity contribution < 1.29 is 38.0 Å². The molecule has 3 amide bonds. The summed E-state index contributed by atoms with van der Waals surface area (Å²) in [6.07, 6.45) is 5.50. The summed E-state index contributed by atoms with van der Waals surface area (Å²) in [6.45, 7) is 3.46. The number of ether oxygens (including phenoxy) is 1. The molecule has 0 saturated heterocycles. The Hall–Kier alpha value is -3.92. The van der Waals surface area contributed by atoms with Crippen LogP contribution in [0.3, 0.4) is 0 Å². The van der Waals surface area contributed by atoms with Gasteiger partial charge in [0.15, 0.2) is 0 Å². The second-order valence-electron chi connectivity index (χ2n) is 9.78. The van der Waals surface area contributed by atoms with Crippen molar-refractivity contribution in [2.45, 2.75) is 58.0 Å². The molecule has 0 bridgehead atoms.